The number of nitrogens with zero attached hydrogens (tertiary/aromatic N) is 1. The van der Waals surface area contributed by atoms with Crippen LogP contribution in [0.5, 0.6) is 0 Å². The Kier molecular flexibility index (Phi) is 2.24. The van der Waals surface area contributed by atoms with E-state index < -0.39 is 0 Å². The van der Waals surface area contributed by atoms with Crippen molar-refractivity contribution >= 4 is 15.9 Å². The van der Waals surface area contributed by atoms with Crippen molar-refractivity contribution in [3.63, 3.8) is 0 Å². The monoisotopic (exact) mass is 229 g/mol. The molecule has 2 nitrogen and oxygen atoms in total. The largest absolute Gasteiger partial charge is 0.467 e. The smallest absolute Gasteiger partial charge is 0.118 e. The summed E-state index contributed by atoms with van der Waals surface area (Å²) in [6, 6.07) is 2.83. The van der Waals surface area contributed by atoms with Crippen LogP contribution in [0, 0.1) is 0 Å². The van der Waals surface area contributed by atoms with Gasteiger partial charge in [-0.25, -0.2) is 0 Å². The van der Waals surface area contributed by atoms with Gasteiger partial charge < -0.3 is 4.42 Å². The quantitative estimate of drug-likeness (QED) is 0.793. The fraction of sp³-hybridized carbons (Fsp3) is 0.556. The Morgan fingerprint density at radius 3 is 2.92 bits per heavy atom. The van der Waals surface area contributed by atoms with E-state index in [1.807, 2.05) is 6.07 Å². The second-order valence-corrected chi connectivity index (χ2v) is 4.29. The van der Waals surface area contributed by atoms with Gasteiger partial charge in [-0.2, -0.15) is 0 Å². The second-order valence-electron chi connectivity index (χ2n) is 3.38. The van der Waals surface area contributed by atoms with Crippen LogP contribution in [0.25, 0.3) is 0 Å². The normalized spacial score (nSPS) is 17.2. The fourth-order valence-electron chi connectivity index (χ4n) is 1.33. The Morgan fingerprint density at radius 2 is 2.42 bits per heavy atom. The van der Waals surface area contributed by atoms with Crippen molar-refractivity contribution in [2.45, 2.75) is 25.4 Å². The zero-order valence-corrected chi connectivity index (χ0v) is 8.67. The molecule has 2 rings (SSSR count). The van der Waals surface area contributed by atoms with Gasteiger partial charge in [-0.05, 0) is 41.9 Å². The third-order valence-electron chi connectivity index (χ3n) is 2.20. The molecular formula is C9H12BrNO. The second kappa shape index (κ2) is 3.23. The molecule has 0 saturated heterocycles. The Hall–Kier alpha value is -0.280. The van der Waals surface area contributed by atoms with Crippen LogP contribution in [0.1, 0.15) is 18.6 Å². The molecule has 0 bridgehead atoms. The molecule has 0 radical (unpaired) electrons. The van der Waals surface area contributed by atoms with Crippen molar-refractivity contribution in [3.05, 3.63) is 22.6 Å². The summed E-state index contributed by atoms with van der Waals surface area (Å²) in [4.78, 5) is 2.34. The minimum Gasteiger partial charge on any atom is -0.467 e. The van der Waals surface area contributed by atoms with Gasteiger partial charge in [0, 0.05) is 6.04 Å². The maximum Gasteiger partial charge on any atom is 0.118 e. The fourth-order valence-corrected chi connectivity index (χ4v) is 1.68. The van der Waals surface area contributed by atoms with Crippen LogP contribution in [0.4, 0.5) is 0 Å². The van der Waals surface area contributed by atoms with Crippen molar-refractivity contribution in [1.82, 2.24) is 4.90 Å². The maximum atomic E-state index is 5.32. The van der Waals surface area contributed by atoms with Crippen molar-refractivity contribution in [1.29, 1.82) is 0 Å². The molecule has 1 aliphatic carbocycles. The van der Waals surface area contributed by atoms with Crippen LogP contribution in [0.3, 0.4) is 0 Å². The molecule has 0 atom stereocenters. The van der Waals surface area contributed by atoms with E-state index in [-0.39, 0.29) is 0 Å². The Balaban J connectivity index is 1.93. The number of halogens is 1. The first-order valence-electron chi connectivity index (χ1n) is 4.19. The van der Waals surface area contributed by atoms with Crippen molar-refractivity contribution < 1.29 is 4.42 Å². The lowest BCUT2D eigenvalue weighted by atomic mass is 10.4. The molecular weight excluding hydrogens is 218 g/mol. The SMILES string of the molecule is CN(Cc1cc(Br)co1)C1CC1. The van der Waals surface area contributed by atoms with E-state index in [1.54, 1.807) is 6.26 Å². The lowest BCUT2D eigenvalue weighted by Gasteiger charge is -2.12. The van der Waals surface area contributed by atoms with Crippen molar-refractivity contribution in [2.24, 2.45) is 0 Å². The van der Waals surface area contributed by atoms with Crippen LogP contribution in [0.15, 0.2) is 21.2 Å². The number of hydrogen-bond acceptors (Lipinski definition) is 2. The summed E-state index contributed by atoms with van der Waals surface area (Å²) in [7, 11) is 2.15. The predicted octanol–water partition coefficient (Wildman–Crippen LogP) is 2.64. The molecule has 0 unspecified atom stereocenters. The van der Waals surface area contributed by atoms with E-state index in [9.17, 15) is 0 Å². The van der Waals surface area contributed by atoms with Crippen LogP contribution in [-0.2, 0) is 6.54 Å². The van der Waals surface area contributed by atoms with E-state index in [4.69, 9.17) is 4.42 Å². The molecule has 0 amide bonds. The van der Waals surface area contributed by atoms with Gasteiger partial charge in [0.1, 0.15) is 12.0 Å². The van der Waals surface area contributed by atoms with Crippen molar-refractivity contribution in [2.75, 3.05) is 7.05 Å². The lowest BCUT2D eigenvalue weighted by Crippen LogP contribution is -2.19. The van der Waals surface area contributed by atoms with E-state index in [1.165, 1.54) is 12.8 Å². The van der Waals surface area contributed by atoms with Gasteiger partial charge in [-0.1, -0.05) is 0 Å². The predicted molar refractivity (Wildman–Crippen MR) is 50.9 cm³/mol. The summed E-state index contributed by atoms with van der Waals surface area (Å²) in [5.74, 6) is 1.04. The average Bonchev–Trinajstić information content (AvgIpc) is 2.78. The Morgan fingerprint density at radius 1 is 1.67 bits per heavy atom. The molecule has 12 heavy (non-hydrogen) atoms. The first-order chi connectivity index (χ1) is 5.75. The zero-order valence-electron chi connectivity index (χ0n) is 7.09. The zero-order chi connectivity index (χ0) is 8.55. The van der Waals surface area contributed by atoms with Crippen LogP contribution in [-0.4, -0.2) is 18.0 Å². The Bertz CT molecular complexity index is 267. The van der Waals surface area contributed by atoms with Crippen LogP contribution < -0.4 is 0 Å². The number of rotatable bonds is 3. The topological polar surface area (TPSA) is 16.4 Å². The molecule has 1 fully saturated rings. The summed E-state index contributed by atoms with van der Waals surface area (Å²) in [5, 5.41) is 0. The third kappa shape index (κ3) is 1.90. The summed E-state index contributed by atoms with van der Waals surface area (Å²) in [5.41, 5.74) is 0. The van der Waals surface area contributed by atoms with Gasteiger partial charge >= 0.3 is 0 Å². The standard InChI is InChI=1S/C9H12BrNO/c1-11(8-2-3-8)5-9-4-7(10)6-12-9/h4,6,8H,2-3,5H2,1H3. The molecule has 0 N–H and O–H groups in total. The van der Waals surface area contributed by atoms with Gasteiger partial charge in [0.05, 0.1) is 11.0 Å². The van der Waals surface area contributed by atoms with Gasteiger partial charge in [0.15, 0.2) is 0 Å². The number of hydrogen-bond donors (Lipinski definition) is 0. The van der Waals surface area contributed by atoms with E-state index >= 15 is 0 Å². The van der Waals surface area contributed by atoms with E-state index in [0.29, 0.717) is 0 Å². The molecule has 1 aromatic heterocycles. The number of furan rings is 1. The maximum absolute atomic E-state index is 5.32. The van der Waals surface area contributed by atoms with E-state index in [0.717, 1.165) is 22.8 Å². The lowest BCUT2D eigenvalue weighted by molar-refractivity contribution is 0.286. The van der Waals surface area contributed by atoms with Gasteiger partial charge in [0.2, 0.25) is 0 Å². The molecule has 1 heterocycles. The van der Waals surface area contributed by atoms with Crippen LogP contribution in [0.2, 0.25) is 0 Å². The first kappa shape index (κ1) is 8.32. The first-order valence-corrected chi connectivity index (χ1v) is 4.98. The summed E-state index contributed by atoms with van der Waals surface area (Å²) in [6.45, 7) is 0.927. The molecule has 3 heteroatoms. The molecule has 0 spiro atoms. The molecule has 0 aliphatic heterocycles. The van der Waals surface area contributed by atoms with Crippen molar-refractivity contribution in [3.8, 4) is 0 Å². The van der Waals surface area contributed by atoms with Crippen LogP contribution >= 0.6 is 15.9 Å². The highest BCUT2D eigenvalue weighted by Crippen LogP contribution is 2.27. The molecule has 66 valence electrons. The summed E-state index contributed by atoms with van der Waals surface area (Å²) >= 11 is 3.36. The summed E-state index contributed by atoms with van der Waals surface area (Å²) < 4.78 is 6.35. The van der Waals surface area contributed by atoms with Gasteiger partial charge in [-0.3, -0.25) is 4.90 Å². The molecule has 0 aromatic carbocycles. The van der Waals surface area contributed by atoms with E-state index in [2.05, 4.69) is 27.9 Å². The molecule has 1 aliphatic rings. The third-order valence-corrected chi connectivity index (χ3v) is 2.61. The average molecular weight is 230 g/mol. The molecule has 1 aromatic rings. The highest BCUT2D eigenvalue weighted by molar-refractivity contribution is 9.10. The van der Waals surface area contributed by atoms with Gasteiger partial charge in [0.25, 0.3) is 0 Å². The highest BCUT2D eigenvalue weighted by atomic mass is 79.9. The van der Waals surface area contributed by atoms with Gasteiger partial charge in [-0.15, -0.1) is 0 Å². The molecule has 1 saturated carbocycles. The minimum atomic E-state index is 0.800. The highest BCUT2D eigenvalue weighted by Gasteiger charge is 2.26. The minimum absolute atomic E-state index is 0.800. The summed E-state index contributed by atoms with van der Waals surface area (Å²) in [6.07, 6.45) is 4.42. The Labute approximate surface area is 80.7 Å².